The van der Waals surface area contributed by atoms with Crippen molar-refractivity contribution in [2.24, 2.45) is 17.6 Å². The highest BCUT2D eigenvalue weighted by atomic mass is 32.1. The fraction of sp³-hybridized carbons (Fsp3) is 0.357. The predicted octanol–water partition coefficient (Wildman–Crippen LogP) is 2.32. The Balaban J connectivity index is 1.69. The Kier molecular flexibility index (Phi) is 3.38. The van der Waals surface area contributed by atoms with Crippen LogP contribution in [0.25, 0.3) is 0 Å². The molecule has 1 aromatic heterocycles. The molecule has 1 saturated carbocycles. The second kappa shape index (κ2) is 5.17. The summed E-state index contributed by atoms with van der Waals surface area (Å²) in [6.07, 6.45) is 12.7. The van der Waals surface area contributed by atoms with E-state index in [1.807, 2.05) is 12.2 Å². The van der Waals surface area contributed by atoms with Crippen LogP contribution in [-0.2, 0) is 0 Å². The first-order valence-corrected chi connectivity index (χ1v) is 6.85. The zero-order valence-electron chi connectivity index (χ0n) is 10.6. The van der Waals surface area contributed by atoms with Crippen LogP contribution in [0.15, 0.2) is 47.8 Å². The lowest BCUT2D eigenvalue weighted by atomic mass is 10.0. The number of allylic oxidation sites excluding steroid dienone is 4. The number of ether oxygens (including phenoxy) is 1. The van der Waals surface area contributed by atoms with E-state index < -0.39 is 0 Å². The van der Waals surface area contributed by atoms with Crippen LogP contribution in [-0.4, -0.2) is 15.8 Å². The maximum atomic E-state index is 6.08. The topological polar surface area (TPSA) is 53.1 Å². The normalized spacial score (nSPS) is 22.7. The number of thiol groups is 1. The fourth-order valence-electron chi connectivity index (χ4n) is 2.16. The Bertz CT molecular complexity index is 555. The number of nitrogens with two attached hydrogens (primary N) is 1. The van der Waals surface area contributed by atoms with Crippen molar-refractivity contribution in [1.82, 2.24) is 9.19 Å². The van der Waals surface area contributed by atoms with Gasteiger partial charge in [0.1, 0.15) is 6.61 Å². The van der Waals surface area contributed by atoms with Gasteiger partial charge in [-0.2, -0.15) is 0 Å². The third kappa shape index (κ3) is 3.04. The zero-order valence-corrected chi connectivity index (χ0v) is 11.5. The molecule has 1 aromatic rings. The van der Waals surface area contributed by atoms with Crippen molar-refractivity contribution in [3.8, 4) is 5.88 Å². The Morgan fingerprint density at radius 2 is 2.32 bits per heavy atom. The molecule has 1 unspecified atom stereocenters. The van der Waals surface area contributed by atoms with Crippen LogP contribution in [0.5, 0.6) is 5.88 Å². The van der Waals surface area contributed by atoms with Gasteiger partial charge in [0.05, 0.1) is 5.92 Å². The molecule has 0 radical (unpaired) electrons. The molecule has 2 aliphatic carbocycles. The number of rotatable bonds is 4. The number of aromatic nitrogens is 2. The first kappa shape index (κ1) is 12.4. The average molecular weight is 275 g/mol. The zero-order chi connectivity index (χ0) is 13.2. The Morgan fingerprint density at radius 1 is 1.47 bits per heavy atom. The lowest BCUT2D eigenvalue weighted by Crippen LogP contribution is -2.18. The van der Waals surface area contributed by atoms with Gasteiger partial charge in [0.2, 0.25) is 5.88 Å². The maximum Gasteiger partial charge on any atom is 0.233 e. The summed E-state index contributed by atoms with van der Waals surface area (Å²) in [5.74, 6) is 1.40. The van der Waals surface area contributed by atoms with Crippen LogP contribution < -0.4 is 10.5 Å². The van der Waals surface area contributed by atoms with E-state index in [-0.39, 0.29) is 5.92 Å². The lowest BCUT2D eigenvalue weighted by molar-refractivity contribution is 0.279. The van der Waals surface area contributed by atoms with Crippen LogP contribution in [0.3, 0.4) is 0 Å². The smallest absolute Gasteiger partial charge is 0.233 e. The molecule has 0 bridgehead atoms. The summed E-state index contributed by atoms with van der Waals surface area (Å²) in [6, 6.07) is 1.79. The van der Waals surface area contributed by atoms with E-state index in [0.29, 0.717) is 12.5 Å². The maximum absolute atomic E-state index is 6.08. The Morgan fingerprint density at radius 3 is 3.00 bits per heavy atom. The first-order valence-electron chi connectivity index (χ1n) is 6.45. The van der Waals surface area contributed by atoms with Gasteiger partial charge < -0.3 is 10.5 Å². The largest absolute Gasteiger partial charge is 0.476 e. The van der Waals surface area contributed by atoms with Gasteiger partial charge in [-0.3, -0.25) is 0 Å². The molecule has 2 N–H and O–H groups in total. The highest BCUT2D eigenvalue weighted by molar-refractivity contribution is 7.78. The standard InChI is InChI=1S/C14H17N3OS/c15-13-3-1-2-11(10-4-5-10)8-12(13)9-18-14-6-7-17(19)16-14/h1-3,6-8,10,12,19H,4-5,9,15H2. The summed E-state index contributed by atoms with van der Waals surface area (Å²) in [6.45, 7) is 0.505. The molecular formula is C14H17N3OS. The molecule has 1 fully saturated rings. The van der Waals surface area contributed by atoms with Gasteiger partial charge in [0.25, 0.3) is 0 Å². The van der Waals surface area contributed by atoms with E-state index in [2.05, 4.69) is 30.1 Å². The summed E-state index contributed by atoms with van der Waals surface area (Å²) in [5.41, 5.74) is 8.29. The van der Waals surface area contributed by atoms with E-state index in [4.69, 9.17) is 10.5 Å². The molecule has 0 saturated heterocycles. The summed E-state index contributed by atoms with van der Waals surface area (Å²) in [7, 11) is 0. The summed E-state index contributed by atoms with van der Waals surface area (Å²) in [4.78, 5) is 0. The minimum Gasteiger partial charge on any atom is -0.476 e. The molecule has 1 heterocycles. The fourth-order valence-corrected chi connectivity index (χ4v) is 2.32. The van der Waals surface area contributed by atoms with Crippen molar-refractivity contribution in [1.29, 1.82) is 0 Å². The van der Waals surface area contributed by atoms with E-state index in [0.717, 1.165) is 11.6 Å². The van der Waals surface area contributed by atoms with E-state index in [1.54, 1.807) is 12.3 Å². The Labute approximate surface area is 118 Å². The van der Waals surface area contributed by atoms with Crippen molar-refractivity contribution in [2.45, 2.75) is 12.8 Å². The van der Waals surface area contributed by atoms with Gasteiger partial charge in [0, 0.05) is 18.0 Å². The minimum atomic E-state index is 0.107. The van der Waals surface area contributed by atoms with Gasteiger partial charge >= 0.3 is 0 Å². The van der Waals surface area contributed by atoms with Gasteiger partial charge in [-0.1, -0.05) is 18.2 Å². The van der Waals surface area contributed by atoms with E-state index >= 15 is 0 Å². The third-order valence-electron chi connectivity index (χ3n) is 3.41. The molecule has 2 aliphatic rings. The van der Waals surface area contributed by atoms with Crippen molar-refractivity contribution in [2.75, 3.05) is 6.61 Å². The average Bonchev–Trinajstić information content (AvgIpc) is 3.16. The summed E-state index contributed by atoms with van der Waals surface area (Å²) < 4.78 is 7.09. The van der Waals surface area contributed by atoms with E-state index in [9.17, 15) is 0 Å². The molecule has 100 valence electrons. The highest BCUT2D eigenvalue weighted by Gasteiger charge is 2.26. The van der Waals surface area contributed by atoms with Crippen LogP contribution in [0.1, 0.15) is 12.8 Å². The first-order chi connectivity index (χ1) is 9.22. The highest BCUT2D eigenvalue weighted by Crippen LogP contribution is 2.38. The van der Waals surface area contributed by atoms with Gasteiger partial charge in [-0.25, -0.2) is 4.09 Å². The molecule has 4 nitrogen and oxygen atoms in total. The summed E-state index contributed by atoms with van der Waals surface area (Å²) in [5, 5.41) is 4.07. The van der Waals surface area contributed by atoms with Crippen LogP contribution in [0, 0.1) is 11.8 Å². The monoisotopic (exact) mass is 275 g/mol. The van der Waals surface area contributed by atoms with Crippen LogP contribution in [0.2, 0.25) is 0 Å². The third-order valence-corrected chi connectivity index (χ3v) is 3.63. The van der Waals surface area contributed by atoms with Gasteiger partial charge in [0.15, 0.2) is 0 Å². The second-order valence-corrected chi connectivity index (χ2v) is 5.37. The molecule has 19 heavy (non-hydrogen) atoms. The summed E-state index contributed by atoms with van der Waals surface area (Å²) >= 11 is 4.08. The molecule has 0 aliphatic heterocycles. The number of nitrogens with zero attached hydrogens (tertiary/aromatic N) is 2. The van der Waals surface area contributed by atoms with Crippen molar-refractivity contribution >= 4 is 12.8 Å². The quantitative estimate of drug-likeness (QED) is 0.829. The molecular weight excluding hydrogens is 258 g/mol. The van der Waals surface area contributed by atoms with Crippen LogP contribution >= 0.6 is 12.8 Å². The molecule has 1 atom stereocenters. The van der Waals surface area contributed by atoms with E-state index in [1.165, 1.54) is 22.5 Å². The molecule has 3 rings (SSSR count). The molecule has 0 aromatic carbocycles. The second-order valence-electron chi connectivity index (χ2n) is 4.96. The molecule has 0 spiro atoms. The van der Waals surface area contributed by atoms with Gasteiger partial charge in [-0.05, 0) is 43.2 Å². The molecule has 0 amide bonds. The van der Waals surface area contributed by atoms with Crippen molar-refractivity contribution in [3.63, 3.8) is 0 Å². The Hall–Kier alpha value is -1.62. The predicted molar refractivity (Wildman–Crippen MR) is 77.8 cm³/mol. The van der Waals surface area contributed by atoms with Crippen molar-refractivity contribution < 1.29 is 4.74 Å². The van der Waals surface area contributed by atoms with Crippen LogP contribution in [0.4, 0.5) is 0 Å². The SMILES string of the molecule is NC1=CC=CC(C2CC2)=CC1COc1ccn(S)n1. The number of hydrogen-bond acceptors (Lipinski definition) is 4. The lowest BCUT2D eigenvalue weighted by Gasteiger charge is -2.13. The van der Waals surface area contributed by atoms with Crippen molar-refractivity contribution in [3.05, 3.63) is 47.8 Å². The minimum absolute atomic E-state index is 0.107. The van der Waals surface area contributed by atoms with Gasteiger partial charge in [-0.15, -0.1) is 5.10 Å². The molecule has 5 heteroatoms. The number of hydrogen-bond donors (Lipinski definition) is 2.